The van der Waals surface area contributed by atoms with Crippen LogP contribution in [0.15, 0.2) is 0 Å². The van der Waals surface area contributed by atoms with Gasteiger partial charge in [-0.05, 0) is 58.4 Å². The first-order valence-corrected chi connectivity index (χ1v) is 7.50. The van der Waals surface area contributed by atoms with Crippen LogP contribution in [0.3, 0.4) is 0 Å². The summed E-state index contributed by atoms with van der Waals surface area (Å²) in [4.78, 5) is 2.76. The standard InChI is InChI=1S/C15H28N2/c1-14(2)10-16-15(3,13-6-7-13)11-17(14)9-8-12-4-5-12/h12-13,16H,4-11H2,1-3H3. The normalized spacial score (nSPS) is 38.3. The molecule has 1 saturated heterocycles. The first-order valence-electron chi connectivity index (χ1n) is 7.50. The molecule has 0 amide bonds. The van der Waals surface area contributed by atoms with E-state index in [1.807, 2.05) is 0 Å². The zero-order chi connectivity index (χ0) is 12.1. The van der Waals surface area contributed by atoms with Gasteiger partial charge in [0.25, 0.3) is 0 Å². The van der Waals surface area contributed by atoms with Gasteiger partial charge in [0, 0.05) is 24.2 Å². The van der Waals surface area contributed by atoms with Crippen LogP contribution in [-0.4, -0.2) is 35.6 Å². The van der Waals surface area contributed by atoms with Crippen LogP contribution in [0.2, 0.25) is 0 Å². The number of piperazine rings is 1. The molecule has 2 nitrogen and oxygen atoms in total. The molecule has 0 radical (unpaired) electrons. The summed E-state index contributed by atoms with van der Waals surface area (Å²) in [5, 5.41) is 3.84. The van der Waals surface area contributed by atoms with Crippen LogP contribution in [0.1, 0.15) is 52.9 Å². The molecular weight excluding hydrogens is 208 g/mol. The lowest BCUT2D eigenvalue weighted by atomic mass is 9.86. The van der Waals surface area contributed by atoms with Crippen LogP contribution in [0.5, 0.6) is 0 Å². The number of rotatable bonds is 4. The molecule has 98 valence electrons. The van der Waals surface area contributed by atoms with Gasteiger partial charge >= 0.3 is 0 Å². The van der Waals surface area contributed by atoms with Crippen molar-refractivity contribution in [3.8, 4) is 0 Å². The second kappa shape index (κ2) is 3.96. The molecule has 3 aliphatic rings. The number of nitrogens with one attached hydrogen (secondary N) is 1. The quantitative estimate of drug-likeness (QED) is 0.807. The van der Waals surface area contributed by atoms with E-state index < -0.39 is 0 Å². The van der Waals surface area contributed by atoms with Crippen molar-refractivity contribution in [2.45, 2.75) is 64.0 Å². The van der Waals surface area contributed by atoms with E-state index in [2.05, 4.69) is 31.0 Å². The van der Waals surface area contributed by atoms with E-state index in [1.54, 1.807) is 0 Å². The summed E-state index contributed by atoms with van der Waals surface area (Å²) in [6.07, 6.45) is 7.31. The van der Waals surface area contributed by atoms with Crippen molar-refractivity contribution >= 4 is 0 Å². The first kappa shape index (κ1) is 12.0. The smallest absolute Gasteiger partial charge is 0.0309 e. The minimum absolute atomic E-state index is 0.350. The Bertz CT molecular complexity index is 291. The minimum atomic E-state index is 0.350. The maximum Gasteiger partial charge on any atom is 0.0309 e. The van der Waals surface area contributed by atoms with Crippen molar-refractivity contribution < 1.29 is 0 Å². The van der Waals surface area contributed by atoms with Gasteiger partial charge < -0.3 is 5.32 Å². The van der Waals surface area contributed by atoms with Gasteiger partial charge in [-0.25, -0.2) is 0 Å². The summed E-state index contributed by atoms with van der Waals surface area (Å²) in [6.45, 7) is 11.0. The molecule has 1 aliphatic heterocycles. The van der Waals surface area contributed by atoms with E-state index in [-0.39, 0.29) is 0 Å². The minimum Gasteiger partial charge on any atom is -0.308 e. The number of hydrogen-bond acceptors (Lipinski definition) is 2. The van der Waals surface area contributed by atoms with Crippen LogP contribution >= 0.6 is 0 Å². The lowest BCUT2D eigenvalue weighted by Gasteiger charge is -2.51. The third kappa shape index (κ3) is 2.53. The van der Waals surface area contributed by atoms with Crippen LogP contribution in [-0.2, 0) is 0 Å². The van der Waals surface area contributed by atoms with Gasteiger partial charge in [-0.3, -0.25) is 4.90 Å². The molecule has 2 aliphatic carbocycles. The second-order valence-electron chi connectivity index (χ2n) is 7.51. The zero-order valence-corrected chi connectivity index (χ0v) is 11.8. The summed E-state index contributed by atoms with van der Waals surface area (Å²) in [7, 11) is 0. The summed E-state index contributed by atoms with van der Waals surface area (Å²) >= 11 is 0. The van der Waals surface area contributed by atoms with Gasteiger partial charge in [-0.15, -0.1) is 0 Å². The Labute approximate surface area is 106 Å². The van der Waals surface area contributed by atoms with E-state index in [0.29, 0.717) is 11.1 Å². The van der Waals surface area contributed by atoms with Gasteiger partial charge in [0.05, 0.1) is 0 Å². The third-order valence-electron chi connectivity index (χ3n) is 5.28. The fourth-order valence-electron chi connectivity index (χ4n) is 3.32. The fourth-order valence-corrected chi connectivity index (χ4v) is 3.32. The summed E-state index contributed by atoms with van der Waals surface area (Å²) in [6, 6.07) is 0. The molecular formula is C15H28N2. The van der Waals surface area contributed by atoms with E-state index in [9.17, 15) is 0 Å². The van der Waals surface area contributed by atoms with E-state index in [1.165, 1.54) is 45.2 Å². The molecule has 3 fully saturated rings. The predicted octanol–water partition coefficient (Wildman–Crippen LogP) is 2.64. The van der Waals surface area contributed by atoms with Crippen molar-refractivity contribution in [3.05, 3.63) is 0 Å². The van der Waals surface area contributed by atoms with Crippen LogP contribution in [0.4, 0.5) is 0 Å². The van der Waals surface area contributed by atoms with Gasteiger partial charge in [0.15, 0.2) is 0 Å². The molecule has 0 spiro atoms. The average Bonchev–Trinajstić information content (AvgIpc) is 3.13. The highest BCUT2D eigenvalue weighted by molar-refractivity contribution is 5.06. The Morgan fingerprint density at radius 3 is 2.41 bits per heavy atom. The Hall–Kier alpha value is -0.0800. The third-order valence-corrected chi connectivity index (χ3v) is 5.28. The predicted molar refractivity (Wildman–Crippen MR) is 72.1 cm³/mol. The lowest BCUT2D eigenvalue weighted by Crippen LogP contribution is -2.68. The average molecular weight is 236 g/mol. The Balaban J connectivity index is 1.63. The first-order chi connectivity index (χ1) is 8.00. The highest BCUT2D eigenvalue weighted by Gasteiger charge is 2.48. The van der Waals surface area contributed by atoms with Crippen molar-refractivity contribution in [1.82, 2.24) is 10.2 Å². The second-order valence-corrected chi connectivity index (χ2v) is 7.51. The molecule has 1 unspecified atom stereocenters. The van der Waals surface area contributed by atoms with Crippen LogP contribution in [0.25, 0.3) is 0 Å². The van der Waals surface area contributed by atoms with Gasteiger partial charge in [-0.2, -0.15) is 0 Å². The highest BCUT2D eigenvalue weighted by Crippen LogP contribution is 2.43. The zero-order valence-electron chi connectivity index (χ0n) is 11.8. The van der Waals surface area contributed by atoms with Gasteiger partial charge in [-0.1, -0.05) is 12.8 Å². The molecule has 0 aromatic carbocycles. The molecule has 0 aromatic heterocycles. The largest absolute Gasteiger partial charge is 0.308 e. The number of hydrogen-bond donors (Lipinski definition) is 1. The van der Waals surface area contributed by atoms with E-state index in [0.717, 1.165) is 18.4 Å². The van der Waals surface area contributed by atoms with Crippen LogP contribution < -0.4 is 5.32 Å². The highest BCUT2D eigenvalue weighted by atomic mass is 15.3. The molecule has 0 bridgehead atoms. The summed E-state index contributed by atoms with van der Waals surface area (Å²) < 4.78 is 0. The maximum atomic E-state index is 3.84. The maximum absolute atomic E-state index is 3.84. The number of nitrogens with zero attached hydrogens (tertiary/aromatic N) is 1. The Kier molecular flexibility index (Phi) is 2.79. The molecule has 3 rings (SSSR count). The molecule has 1 heterocycles. The lowest BCUT2D eigenvalue weighted by molar-refractivity contribution is 0.0225. The monoisotopic (exact) mass is 236 g/mol. The summed E-state index contributed by atoms with van der Waals surface area (Å²) in [5.41, 5.74) is 0.752. The van der Waals surface area contributed by atoms with Crippen LogP contribution in [0, 0.1) is 11.8 Å². The molecule has 17 heavy (non-hydrogen) atoms. The van der Waals surface area contributed by atoms with Crippen molar-refractivity contribution in [2.24, 2.45) is 11.8 Å². The Morgan fingerprint density at radius 1 is 1.12 bits per heavy atom. The van der Waals surface area contributed by atoms with E-state index in [4.69, 9.17) is 0 Å². The van der Waals surface area contributed by atoms with Crippen molar-refractivity contribution in [3.63, 3.8) is 0 Å². The fraction of sp³-hybridized carbons (Fsp3) is 1.00. The van der Waals surface area contributed by atoms with Crippen molar-refractivity contribution in [1.29, 1.82) is 0 Å². The molecule has 2 heteroatoms. The Morgan fingerprint density at radius 2 is 1.82 bits per heavy atom. The van der Waals surface area contributed by atoms with Crippen molar-refractivity contribution in [2.75, 3.05) is 19.6 Å². The van der Waals surface area contributed by atoms with Gasteiger partial charge in [0.2, 0.25) is 0 Å². The SMILES string of the molecule is CC1(C2CC2)CN(CCC2CC2)C(C)(C)CN1. The topological polar surface area (TPSA) is 15.3 Å². The molecule has 2 saturated carbocycles. The summed E-state index contributed by atoms with van der Waals surface area (Å²) in [5.74, 6) is 2.01. The molecule has 1 N–H and O–H groups in total. The van der Waals surface area contributed by atoms with Gasteiger partial charge in [0.1, 0.15) is 0 Å². The molecule has 1 atom stereocenters. The van der Waals surface area contributed by atoms with E-state index >= 15 is 0 Å². The molecule has 0 aromatic rings.